The van der Waals surface area contributed by atoms with Gasteiger partial charge in [-0.1, -0.05) is 30.3 Å². The molecule has 1 aromatic rings. The van der Waals surface area contributed by atoms with Crippen molar-refractivity contribution in [2.24, 2.45) is 0 Å². The summed E-state index contributed by atoms with van der Waals surface area (Å²) in [5, 5.41) is 12.0. The third kappa shape index (κ3) is 2.89. The van der Waals surface area contributed by atoms with Gasteiger partial charge in [0.25, 0.3) is 0 Å². The summed E-state index contributed by atoms with van der Waals surface area (Å²) in [4.78, 5) is 0. The van der Waals surface area contributed by atoms with Gasteiger partial charge in [0.2, 0.25) is 0 Å². The number of nitrogens with one attached hydrogen (secondary N) is 1. The molecular weight excluding hydrogens is 162 g/mol. The Hall–Kier alpha value is -0.570. The number of aliphatic hydroxyl groups is 1. The van der Waals surface area contributed by atoms with Gasteiger partial charge in [-0.2, -0.15) is 0 Å². The van der Waals surface area contributed by atoms with Crippen LogP contribution in [0.15, 0.2) is 30.3 Å². The van der Waals surface area contributed by atoms with Crippen LogP contribution in [0.2, 0.25) is 0 Å². The van der Waals surface area contributed by atoms with Gasteiger partial charge in [0.05, 0.1) is 0 Å². The topological polar surface area (TPSA) is 32.3 Å². The number of hydrogen-bond acceptors (Lipinski definition) is 2. The molecule has 0 aliphatic carbocycles. The monoisotopic (exact) mass is 173 g/mol. The van der Waals surface area contributed by atoms with Crippen LogP contribution in [-0.4, -0.2) is 12.2 Å². The van der Waals surface area contributed by atoms with E-state index in [1.54, 1.807) is 7.05 Å². The van der Waals surface area contributed by atoms with Gasteiger partial charge in [-0.15, -0.1) is 12.4 Å². The van der Waals surface area contributed by atoms with Gasteiger partial charge >= 0.3 is 0 Å². The lowest BCUT2D eigenvalue weighted by Gasteiger charge is -2.07. The van der Waals surface area contributed by atoms with Crippen molar-refractivity contribution < 1.29 is 5.11 Å². The Kier molecular flexibility index (Phi) is 4.86. The third-order valence-corrected chi connectivity index (χ3v) is 1.39. The van der Waals surface area contributed by atoms with Gasteiger partial charge in [0, 0.05) is 0 Å². The quantitative estimate of drug-likeness (QED) is 0.662. The molecule has 1 unspecified atom stereocenters. The predicted molar refractivity (Wildman–Crippen MR) is 47.7 cm³/mol. The first-order valence-electron chi connectivity index (χ1n) is 3.25. The van der Waals surface area contributed by atoms with E-state index in [-0.39, 0.29) is 12.4 Å². The number of benzene rings is 1. The molecule has 11 heavy (non-hydrogen) atoms. The molecule has 1 atom stereocenters. The SMILES string of the molecule is CNC(O)c1ccccc1.Cl. The second kappa shape index (κ2) is 5.13. The van der Waals surface area contributed by atoms with Crippen LogP contribution < -0.4 is 5.32 Å². The van der Waals surface area contributed by atoms with Crippen LogP contribution in [0.3, 0.4) is 0 Å². The van der Waals surface area contributed by atoms with Crippen molar-refractivity contribution >= 4 is 12.4 Å². The van der Waals surface area contributed by atoms with Crippen molar-refractivity contribution in [1.29, 1.82) is 0 Å². The highest BCUT2D eigenvalue weighted by molar-refractivity contribution is 5.85. The van der Waals surface area contributed by atoms with Crippen LogP contribution in [0.1, 0.15) is 11.8 Å². The van der Waals surface area contributed by atoms with Crippen molar-refractivity contribution in [2.45, 2.75) is 6.23 Å². The van der Waals surface area contributed by atoms with E-state index < -0.39 is 6.23 Å². The molecule has 2 N–H and O–H groups in total. The Morgan fingerprint density at radius 3 is 2.27 bits per heavy atom. The van der Waals surface area contributed by atoms with Gasteiger partial charge in [0.1, 0.15) is 6.23 Å². The van der Waals surface area contributed by atoms with Crippen molar-refractivity contribution in [3.63, 3.8) is 0 Å². The fourth-order valence-corrected chi connectivity index (χ4v) is 0.802. The van der Waals surface area contributed by atoms with E-state index in [9.17, 15) is 5.11 Å². The molecule has 0 radical (unpaired) electrons. The summed E-state index contributed by atoms with van der Waals surface area (Å²) in [6, 6.07) is 9.47. The first-order valence-corrected chi connectivity index (χ1v) is 3.25. The Morgan fingerprint density at radius 1 is 1.27 bits per heavy atom. The highest BCUT2D eigenvalue weighted by Gasteiger charge is 1.99. The number of halogens is 1. The molecule has 0 aliphatic rings. The van der Waals surface area contributed by atoms with Gasteiger partial charge in [0.15, 0.2) is 0 Å². The molecule has 0 amide bonds. The average Bonchev–Trinajstić information content (AvgIpc) is 2.05. The van der Waals surface area contributed by atoms with Gasteiger partial charge in [-0.3, -0.25) is 5.32 Å². The summed E-state index contributed by atoms with van der Waals surface area (Å²) >= 11 is 0. The largest absolute Gasteiger partial charge is 0.374 e. The molecule has 0 aliphatic heterocycles. The fourth-order valence-electron chi connectivity index (χ4n) is 0.802. The molecule has 1 aromatic carbocycles. The standard InChI is InChI=1S/C8H11NO.ClH/c1-9-8(10)7-5-3-2-4-6-7;/h2-6,8-10H,1H3;1H. The van der Waals surface area contributed by atoms with Crippen LogP contribution >= 0.6 is 12.4 Å². The minimum absolute atomic E-state index is 0. The first-order chi connectivity index (χ1) is 4.84. The lowest BCUT2D eigenvalue weighted by Crippen LogP contribution is -2.14. The number of hydrogen-bond donors (Lipinski definition) is 2. The second-order valence-electron chi connectivity index (χ2n) is 2.10. The maximum Gasteiger partial charge on any atom is 0.130 e. The lowest BCUT2D eigenvalue weighted by atomic mass is 10.2. The maximum atomic E-state index is 9.22. The second-order valence-corrected chi connectivity index (χ2v) is 2.10. The molecule has 3 heteroatoms. The minimum atomic E-state index is -0.541. The minimum Gasteiger partial charge on any atom is -0.374 e. The van der Waals surface area contributed by atoms with E-state index in [0.29, 0.717) is 0 Å². The maximum absolute atomic E-state index is 9.22. The van der Waals surface area contributed by atoms with Crippen molar-refractivity contribution in [1.82, 2.24) is 5.32 Å². The molecule has 0 heterocycles. The lowest BCUT2D eigenvalue weighted by molar-refractivity contribution is 0.149. The molecule has 0 aromatic heterocycles. The predicted octanol–water partition coefficient (Wildman–Crippen LogP) is 1.32. The molecule has 0 fully saturated rings. The summed E-state index contributed by atoms with van der Waals surface area (Å²) in [5.74, 6) is 0. The zero-order valence-electron chi connectivity index (χ0n) is 6.32. The van der Waals surface area contributed by atoms with E-state index >= 15 is 0 Å². The van der Waals surface area contributed by atoms with E-state index in [2.05, 4.69) is 5.32 Å². The summed E-state index contributed by atoms with van der Waals surface area (Å²) < 4.78 is 0. The highest BCUT2D eigenvalue weighted by atomic mass is 35.5. The molecule has 0 saturated carbocycles. The smallest absolute Gasteiger partial charge is 0.130 e. The summed E-state index contributed by atoms with van der Waals surface area (Å²) in [5.41, 5.74) is 0.894. The third-order valence-electron chi connectivity index (χ3n) is 1.39. The average molecular weight is 174 g/mol. The Morgan fingerprint density at radius 2 is 1.82 bits per heavy atom. The zero-order chi connectivity index (χ0) is 7.40. The van der Waals surface area contributed by atoms with Gasteiger partial charge < -0.3 is 5.11 Å². The van der Waals surface area contributed by atoms with E-state index in [0.717, 1.165) is 5.56 Å². The van der Waals surface area contributed by atoms with Crippen LogP contribution in [0, 0.1) is 0 Å². The van der Waals surface area contributed by atoms with Gasteiger partial charge in [-0.25, -0.2) is 0 Å². The van der Waals surface area contributed by atoms with Gasteiger partial charge in [-0.05, 0) is 12.6 Å². The fraction of sp³-hybridized carbons (Fsp3) is 0.250. The molecular formula is C8H12ClNO. The summed E-state index contributed by atoms with van der Waals surface area (Å²) in [6.45, 7) is 0. The summed E-state index contributed by atoms with van der Waals surface area (Å²) in [6.07, 6.45) is -0.541. The molecule has 1 rings (SSSR count). The molecule has 62 valence electrons. The van der Waals surface area contributed by atoms with Crippen LogP contribution in [-0.2, 0) is 0 Å². The van der Waals surface area contributed by atoms with E-state index in [1.165, 1.54) is 0 Å². The van der Waals surface area contributed by atoms with E-state index in [1.807, 2.05) is 30.3 Å². The molecule has 2 nitrogen and oxygen atoms in total. The van der Waals surface area contributed by atoms with Crippen molar-refractivity contribution in [3.8, 4) is 0 Å². The Balaban J connectivity index is 0.000001000. The molecule has 0 spiro atoms. The summed E-state index contributed by atoms with van der Waals surface area (Å²) in [7, 11) is 1.72. The normalized spacial score (nSPS) is 11.8. The van der Waals surface area contributed by atoms with Crippen molar-refractivity contribution in [2.75, 3.05) is 7.05 Å². The van der Waals surface area contributed by atoms with Crippen molar-refractivity contribution in [3.05, 3.63) is 35.9 Å². The number of aliphatic hydroxyl groups excluding tert-OH is 1. The van der Waals surface area contributed by atoms with E-state index in [4.69, 9.17) is 0 Å². The number of rotatable bonds is 2. The Bertz CT molecular complexity index is 191. The molecule has 0 saturated heterocycles. The van der Waals surface area contributed by atoms with Crippen LogP contribution in [0.25, 0.3) is 0 Å². The zero-order valence-corrected chi connectivity index (χ0v) is 7.14. The van der Waals surface area contributed by atoms with Crippen LogP contribution in [0.4, 0.5) is 0 Å². The Labute approximate surface area is 72.7 Å². The highest BCUT2D eigenvalue weighted by Crippen LogP contribution is 2.06. The molecule has 0 bridgehead atoms. The van der Waals surface area contributed by atoms with Crippen LogP contribution in [0.5, 0.6) is 0 Å². The first kappa shape index (κ1) is 10.4.